The fraction of sp³-hybridized carbons (Fsp3) is 0.538. The van der Waals surface area contributed by atoms with Crippen LogP contribution < -0.4 is 14.8 Å². The van der Waals surface area contributed by atoms with E-state index in [1.54, 1.807) is 6.07 Å². The van der Waals surface area contributed by atoms with Crippen molar-refractivity contribution < 1.29 is 14.6 Å². The molecule has 1 aliphatic rings. The van der Waals surface area contributed by atoms with E-state index in [-0.39, 0.29) is 12.5 Å². The smallest absolute Gasteiger partial charge is 0.231 e. The van der Waals surface area contributed by atoms with E-state index in [9.17, 15) is 5.11 Å². The summed E-state index contributed by atoms with van der Waals surface area (Å²) in [6, 6.07) is 3.45. The van der Waals surface area contributed by atoms with E-state index in [4.69, 9.17) is 9.47 Å². The average Bonchev–Trinajstić information content (AvgIpc) is 2.76. The molecule has 1 atom stereocenters. The lowest BCUT2D eigenvalue weighted by molar-refractivity contribution is 0.174. The SMILES string of the molecule is CSCC(C)CNCc1cc2c(cc1O)OCO2. The first-order valence-electron chi connectivity index (χ1n) is 6.02. The van der Waals surface area contributed by atoms with Gasteiger partial charge in [-0.1, -0.05) is 6.92 Å². The van der Waals surface area contributed by atoms with Crippen LogP contribution in [-0.4, -0.2) is 30.5 Å². The molecule has 0 aliphatic carbocycles. The minimum atomic E-state index is 0.233. The molecule has 1 aromatic carbocycles. The molecular weight excluding hydrogens is 250 g/mol. The zero-order chi connectivity index (χ0) is 13.0. The Kier molecular flexibility index (Phi) is 4.60. The molecule has 1 aromatic rings. The van der Waals surface area contributed by atoms with Gasteiger partial charge in [-0.3, -0.25) is 0 Å². The van der Waals surface area contributed by atoms with Crippen molar-refractivity contribution in [1.29, 1.82) is 0 Å². The van der Waals surface area contributed by atoms with E-state index in [2.05, 4.69) is 18.5 Å². The number of thioether (sulfide) groups is 1. The molecular formula is C13H19NO3S. The van der Waals surface area contributed by atoms with Gasteiger partial charge in [-0.2, -0.15) is 11.8 Å². The Hall–Kier alpha value is -1.07. The molecule has 2 N–H and O–H groups in total. The quantitative estimate of drug-likeness (QED) is 0.829. The van der Waals surface area contributed by atoms with Crippen LogP contribution in [0.4, 0.5) is 0 Å². The van der Waals surface area contributed by atoms with Crippen molar-refractivity contribution in [2.24, 2.45) is 5.92 Å². The minimum absolute atomic E-state index is 0.233. The number of benzene rings is 1. The van der Waals surface area contributed by atoms with Crippen LogP contribution in [-0.2, 0) is 6.54 Å². The molecule has 18 heavy (non-hydrogen) atoms. The molecule has 0 spiro atoms. The highest BCUT2D eigenvalue weighted by molar-refractivity contribution is 7.98. The maximum Gasteiger partial charge on any atom is 0.231 e. The predicted octanol–water partition coefficient (Wildman–Crippen LogP) is 2.21. The van der Waals surface area contributed by atoms with Crippen LogP contribution in [0.1, 0.15) is 12.5 Å². The molecule has 1 aliphatic heterocycles. The van der Waals surface area contributed by atoms with Crippen molar-refractivity contribution in [3.05, 3.63) is 17.7 Å². The normalized spacial score (nSPS) is 14.8. The van der Waals surface area contributed by atoms with Gasteiger partial charge < -0.3 is 19.9 Å². The first kappa shape index (κ1) is 13.4. The molecule has 5 heteroatoms. The average molecular weight is 269 g/mol. The zero-order valence-electron chi connectivity index (χ0n) is 10.7. The highest BCUT2D eigenvalue weighted by Crippen LogP contribution is 2.37. The van der Waals surface area contributed by atoms with Crippen LogP contribution in [0, 0.1) is 5.92 Å². The third-order valence-corrected chi connectivity index (χ3v) is 3.74. The lowest BCUT2D eigenvalue weighted by atomic mass is 10.1. The van der Waals surface area contributed by atoms with E-state index >= 15 is 0 Å². The van der Waals surface area contributed by atoms with Gasteiger partial charge in [0.05, 0.1) is 0 Å². The molecule has 100 valence electrons. The van der Waals surface area contributed by atoms with Gasteiger partial charge in [0.2, 0.25) is 6.79 Å². The van der Waals surface area contributed by atoms with Crippen molar-refractivity contribution in [3.63, 3.8) is 0 Å². The summed E-state index contributed by atoms with van der Waals surface area (Å²) < 4.78 is 10.5. The Labute approximate surface area is 112 Å². The van der Waals surface area contributed by atoms with Crippen LogP contribution in [0.5, 0.6) is 17.2 Å². The molecule has 0 radical (unpaired) electrons. The Morgan fingerprint density at radius 3 is 2.83 bits per heavy atom. The molecule has 0 saturated carbocycles. The van der Waals surface area contributed by atoms with E-state index in [0.29, 0.717) is 24.0 Å². The summed E-state index contributed by atoms with van der Waals surface area (Å²) in [5.41, 5.74) is 0.843. The third-order valence-electron chi connectivity index (χ3n) is 2.83. The summed E-state index contributed by atoms with van der Waals surface area (Å²) in [4.78, 5) is 0. The lowest BCUT2D eigenvalue weighted by Gasteiger charge is -2.12. The van der Waals surface area contributed by atoms with Gasteiger partial charge in [0.25, 0.3) is 0 Å². The second-order valence-electron chi connectivity index (χ2n) is 4.53. The van der Waals surface area contributed by atoms with Gasteiger partial charge in [0, 0.05) is 18.2 Å². The summed E-state index contributed by atoms with van der Waals surface area (Å²) >= 11 is 1.85. The van der Waals surface area contributed by atoms with Gasteiger partial charge in [-0.25, -0.2) is 0 Å². The molecule has 0 amide bonds. The number of nitrogens with one attached hydrogen (secondary N) is 1. The topological polar surface area (TPSA) is 50.7 Å². The first-order chi connectivity index (χ1) is 8.70. The maximum absolute atomic E-state index is 9.86. The van der Waals surface area contributed by atoms with Crippen LogP contribution in [0.15, 0.2) is 12.1 Å². The van der Waals surface area contributed by atoms with Crippen LogP contribution in [0.25, 0.3) is 0 Å². The second-order valence-corrected chi connectivity index (χ2v) is 5.44. The van der Waals surface area contributed by atoms with E-state index < -0.39 is 0 Å². The van der Waals surface area contributed by atoms with Crippen LogP contribution in [0.3, 0.4) is 0 Å². The number of rotatable bonds is 6. The predicted molar refractivity (Wildman–Crippen MR) is 73.5 cm³/mol. The van der Waals surface area contributed by atoms with E-state index in [0.717, 1.165) is 17.9 Å². The van der Waals surface area contributed by atoms with Crippen molar-refractivity contribution in [3.8, 4) is 17.2 Å². The standard InChI is InChI=1S/C13H19NO3S/c1-9(7-18-2)5-14-6-10-3-12-13(4-11(10)15)17-8-16-12/h3-4,9,14-15H,5-8H2,1-2H3. The second kappa shape index (κ2) is 6.20. The number of fused-ring (bicyclic) bond motifs is 1. The summed E-state index contributed by atoms with van der Waals surface area (Å²) in [5.74, 6) is 3.34. The Bertz CT molecular complexity index is 411. The van der Waals surface area contributed by atoms with Crippen molar-refractivity contribution >= 4 is 11.8 Å². The van der Waals surface area contributed by atoms with Gasteiger partial charge >= 0.3 is 0 Å². The Balaban J connectivity index is 1.90. The maximum atomic E-state index is 9.86. The molecule has 4 nitrogen and oxygen atoms in total. The Morgan fingerprint density at radius 1 is 1.39 bits per heavy atom. The highest BCUT2D eigenvalue weighted by Gasteiger charge is 2.16. The summed E-state index contributed by atoms with van der Waals surface area (Å²) in [5, 5.41) is 13.2. The summed E-state index contributed by atoms with van der Waals surface area (Å²) in [6.45, 7) is 4.02. The van der Waals surface area contributed by atoms with Gasteiger partial charge in [0.1, 0.15) is 5.75 Å². The Morgan fingerprint density at radius 2 is 2.11 bits per heavy atom. The zero-order valence-corrected chi connectivity index (χ0v) is 11.5. The number of hydrogen-bond acceptors (Lipinski definition) is 5. The van der Waals surface area contributed by atoms with Crippen LogP contribution in [0.2, 0.25) is 0 Å². The van der Waals surface area contributed by atoms with Crippen molar-refractivity contribution in [2.75, 3.05) is 25.3 Å². The highest BCUT2D eigenvalue weighted by atomic mass is 32.2. The molecule has 1 heterocycles. The molecule has 2 rings (SSSR count). The number of phenols is 1. The summed E-state index contributed by atoms with van der Waals surface area (Å²) in [6.07, 6.45) is 2.11. The molecule has 1 unspecified atom stereocenters. The fourth-order valence-corrected chi connectivity index (χ4v) is 2.60. The van der Waals surface area contributed by atoms with Crippen molar-refractivity contribution in [1.82, 2.24) is 5.32 Å². The number of aromatic hydroxyl groups is 1. The van der Waals surface area contributed by atoms with Gasteiger partial charge in [-0.15, -0.1) is 0 Å². The largest absolute Gasteiger partial charge is 0.507 e. The number of hydrogen-bond donors (Lipinski definition) is 2. The molecule has 0 fully saturated rings. The first-order valence-corrected chi connectivity index (χ1v) is 7.41. The van der Waals surface area contributed by atoms with Gasteiger partial charge in [-0.05, 0) is 30.5 Å². The van der Waals surface area contributed by atoms with E-state index in [1.165, 1.54) is 0 Å². The summed E-state index contributed by atoms with van der Waals surface area (Å²) in [7, 11) is 0. The molecule has 0 bridgehead atoms. The third kappa shape index (κ3) is 3.23. The fourth-order valence-electron chi connectivity index (χ4n) is 1.91. The van der Waals surface area contributed by atoms with Crippen LogP contribution >= 0.6 is 11.8 Å². The molecule has 0 saturated heterocycles. The molecule has 0 aromatic heterocycles. The lowest BCUT2D eigenvalue weighted by Crippen LogP contribution is -2.22. The monoisotopic (exact) mass is 269 g/mol. The number of ether oxygens (including phenoxy) is 2. The van der Waals surface area contributed by atoms with Crippen molar-refractivity contribution in [2.45, 2.75) is 13.5 Å². The van der Waals surface area contributed by atoms with Gasteiger partial charge in [0.15, 0.2) is 11.5 Å². The number of phenolic OH excluding ortho intramolecular Hbond substituents is 1. The minimum Gasteiger partial charge on any atom is -0.507 e. The van der Waals surface area contributed by atoms with E-state index in [1.807, 2.05) is 17.8 Å².